The third-order valence-electron chi connectivity index (χ3n) is 15.6. The average molecular weight is 1160 g/mol. The lowest BCUT2D eigenvalue weighted by atomic mass is 10.0. The van der Waals surface area contributed by atoms with Crippen LogP contribution in [0.25, 0.3) is 0 Å². The molecule has 0 radical (unpaired) electrons. The molecule has 0 aliphatic rings. The molecule has 0 N–H and O–H groups in total. The van der Waals surface area contributed by atoms with Crippen LogP contribution in [0, 0.1) is 0 Å². The van der Waals surface area contributed by atoms with Crippen molar-refractivity contribution in [2.24, 2.45) is 0 Å². The van der Waals surface area contributed by atoms with Crippen LogP contribution >= 0.6 is 0 Å². The lowest BCUT2D eigenvalue weighted by molar-refractivity contribution is -0.167. The fourth-order valence-electron chi connectivity index (χ4n) is 10.3. The highest BCUT2D eigenvalue weighted by Crippen LogP contribution is 2.17. The van der Waals surface area contributed by atoms with Crippen LogP contribution in [0.3, 0.4) is 0 Å². The van der Waals surface area contributed by atoms with E-state index in [1.54, 1.807) is 0 Å². The maximum Gasteiger partial charge on any atom is 0.306 e. The molecular formula is C77H134O6. The Morgan fingerprint density at radius 1 is 0.253 bits per heavy atom. The topological polar surface area (TPSA) is 78.9 Å². The highest BCUT2D eigenvalue weighted by molar-refractivity contribution is 5.71. The van der Waals surface area contributed by atoms with Crippen molar-refractivity contribution in [1.29, 1.82) is 0 Å². The molecule has 0 spiro atoms. The quantitative estimate of drug-likeness (QED) is 0.0261. The fraction of sp³-hybridized carbons (Fsp3) is 0.753. The Hall–Kier alpha value is -3.67. The minimum absolute atomic E-state index is 0.0847. The molecule has 6 nitrogen and oxygen atoms in total. The first-order valence-electron chi connectivity index (χ1n) is 35.7. The molecule has 0 fully saturated rings. The minimum atomic E-state index is -0.792. The summed E-state index contributed by atoms with van der Waals surface area (Å²) in [5.41, 5.74) is 0. The van der Waals surface area contributed by atoms with Crippen LogP contribution in [0.2, 0.25) is 0 Å². The van der Waals surface area contributed by atoms with Gasteiger partial charge in [0.05, 0.1) is 0 Å². The maximum atomic E-state index is 13.0. The van der Waals surface area contributed by atoms with E-state index in [0.29, 0.717) is 19.3 Å². The Labute approximate surface area is 515 Å². The van der Waals surface area contributed by atoms with Crippen LogP contribution in [0.4, 0.5) is 0 Å². The predicted octanol–water partition coefficient (Wildman–Crippen LogP) is 24.8. The number of carbonyl (C=O) groups excluding carboxylic acids is 3. The molecule has 0 aromatic heterocycles. The van der Waals surface area contributed by atoms with E-state index in [2.05, 4.69) is 118 Å². The van der Waals surface area contributed by atoms with E-state index < -0.39 is 6.10 Å². The standard InChI is InChI=1S/C77H134O6/c1-4-7-10-13-16-19-22-25-28-31-33-34-35-36-37-38-39-40-41-42-44-46-49-52-55-58-61-64-67-70-76(79)82-73-74(72-81-75(78)69-66-63-60-57-54-51-48-45-30-27-24-21-18-15-12-9-6-3)83-77(80)71-68-65-62-59-56-53-50-47-43-32-29-26-23-20-17-14-11-8-5-2/h8-9,11-12,17-18,20-21,26-27,29-31,33,43,47,74H,4-7,10,13-16,19,22-25,28,32,34-42,44-46,48-73H2,1-3H3/b11-8-,12-9-,20-17-,21-18-,29-26-,30-27-,33-31-,47-43-. The molecule has 6 heteroatoms. The normalized spacial score (nSPS) is 12.7. The molecule has 0 aromatic rings. The van der Waals surface area contributed by atoms with Gasteiger partial charge in [-0.2, -0.15) is 0 Å². The largest absolute Gasteiger partial charge is 0.462 e. The van der Waals surface area contributed by atoms with Crippen LogP contribution < -0.4 is 0 Å². The maximum absolute atomic E-state index is 13.0. The summed E-state index contributed by atoms with van der Waals surface area (Å²) in [6.45, 7) is 6.44. The van der Waals surface area contributed by atoms with Gasteiger partial charge in [-0.15, -0.1) is 0 Å². The van der Waals surface area contributed by atoms with Crippen LogP contribution in [0.5, 0.6) is 0 Å². The van der Waals surface area contributed by atoms with Crippen molar-refractivity contribution in [3.63, 3.8) is 0 Å². The van der Waals surface area contributed by atoms with E-state index in [-0.39, 0.29) is 31.1 Å². The second-order valence-corrected chi connectivity index (χ2v) is 23.7. The Morgan fingerprint density at radius 2 is 0.470 bits per heavy atom. The highest BCUT2D eigenvalue weighted by Gasteiger charge is 2.19. The van der Waals surface area contributed by atoms with Gasteiger partial charge in [0.15, 0.2) is 6.10 Å². The van der Waals surface area contributed by atoms with Crippen LogP contribution in [0.1, 0.15) is 355 Å². The van der Waals surface area contributed by atoms with Gasteiger partial charge in [-0.05, 0) is 116 Å². The lowest BCUT2D eigenvalue weighted by Crippen LogP contribution is -2.30. The molecule has 0 bridgehead atoms. The summed E-state index contributed by atoms with van der Waals surface area (Å²) in [6, 6.07) is 0. The molecule has 0 heterocycles. The number of hydrogen-bond acceptors (Lipinski definition) is 6. The van der Waals surface area contributed by atoms with Gasteiger partial charge < -0.3 is 14.2 Å². The van der Waals surface area contributed by atoms with Crippen LogP contribution in [-0.2, 0) is 28.6 Å². The first-order valence-corrected chi connectivity index (χ1v) is 35.7. The van der Waals surface area contributed by atoms with E-state index in [0.717, 1.165) is 122 Å². The Morgan fingerprint density at radius 3 is 0.747 bits per heavy atom. The first kappa shape index (κ1) is 79.3. The smallest absolute Gasteiger partial charge is 0.306 e. The van der Waals surface area contributed by atoms with Gasteiger partial charge in [0, 0.05) is 19.3 Å². The van der Waals surface area contributed by atoms with Crippen molar-refractivity contribution in [3.8, 4) is 0 Å². The molecule has 0 amide bonds. The van der Waals surface area contributed by atoms with Gasteiger partial charge in [-0.3, -0.25) is 14.4 Å². The van der Waals surface area contributed by atoms with E-state index >= 15 is 0 Å². The highest BCUT2D eigenvalue weighted by atomic mass is 16.6. The minimum Gasteiger partial charge on any atom is -0.462 e. The summed E-state index contributed by atoms with van der Waals surface area (Å²) in [7, 11) is 0. The zero-order valence-electron chi connectivity index (χ0n) is 54.9. The van der Waals surface area contributed by atoms with Crippen molar-refractivity contribution < 1.29 is 28.6 Å². The number of unbranched alkanes of at least 4 members (excludes halogenated alkanes) is 38. The summed E-state index contributed by atoms with van der Waals surface area (Å²) in [4.78, 5) is 38.5. The fourth-order valence-corrected chi connectivity index (χ4v) is 10.3. The van der Waals surface area contributed by atoms with Gasteiger partial charge >= 0.3 is 17.9 Å². The molecular weight excluding hydrogens is 1020 g/mol. The molecule has 1 atom stereocenters. The molecule has 0 aliphatic heterocycles. The summed E-state index contributed by atoms with van der Waals surface area (Å²) < 4.78 is 17.0. The lowest BCUT2D eigenvalue weighted by Gasteiger charge is -2.18. The summed E-state index contributed by atoms with van der Waals surface area (Å²) in [5.74, 6) is -0.893. The first-order chi connectivity index (χ1) is 41.0. The number of carbonyl (C=O) groups is 3. The Kier molecular flexibility index (Phi) is 67.7. The molecule has 83 heavy (non-hydrogen) atoms. The number of rotatable bonds is 65. The van der Waals surface area contributed by atoms with Crippen molar-refractivity contribution in [2.45, 2.75) is 361 Å². The molecule has 0 rings (SSSR count). The van der Waals surface area contributed by atoms with Crippen molar-refractivity contribution in [3.05, 3.63) is 97.2 Å². The van der Waals surface area contributed by atoms with Crippen LogP contribution in [0.15, 0.2) is 97.2 Å². The summed E-state index contributed by atoms with van der Waals surface area (Å²) >= 11 is 0. The van der Waals surface area contributed by atoms with Gasteiger partial charge in [0.1, 0.15) is 13.2 Å². The number of allylic oxidation sites excluding steroid dienone is 16. The number of hydrogen-bond donors (Lipinski definition) is 0. The molecule has 0 saturated carbocycles. The average Bonchev–Trinajstić information content (AvgIpc) is 3.49. The van der Waals surface area contributed by atoms with Crippen molar-refractivity contribution >= 4 is 17.9 Å². The van der Waals surface area contributed by atoms with Gasteiger partial charge in [0.25, 0.3) is 0 Å². The van der Waals surface area contributed by atoms with Gasteiger partial charge in [-0.1, -0.05) is 317 Å². The molecule has 0 aromatic carbocycles. The SMILES string of the molecule is CC/C=C\C/C=C\C/C=C\C/C=C\CCCCCCCCC(=O)OC(COC(=O)CCCCCCCCC/C=C\C/C=C\C/C=C\CC)COC(=O)CCCCCCCCCCCCCCCCCCC/C=C\CCCCCCCCCC. The second kappa shape index (κ2) is 70.8. The molecule has 0 saturated heterocycles. The predicted molar refractivity (Wildman–Crippen MR) is 362 cm³/mol. The summed E-state index contributed by atoms with van der Waals surface area (Å²) in [6.07, 6.45) is 95.8. The zero-order valence-corrected chi connectivity index (χ0v) is 54.9. The monoisotopic (exact) mass is 1160 g/mol. The Bertz CT molecular complexity index is 1610. The zero-order chi connectivity index (χ0) is 59.9. The van der Waals surface area contributed by atoms with Crippen LogP contribution in [-0.4, -0.2) is 37.2 Å². The van der Waals surface area contributed by atoms with E-state index in [9.17, 15) is 14.4 Å². The molecule has 1 unspecified atom stereocenters. The van der Waals surface area contributed by atoms with Gasteiger partial charge in [0.2, 0.25) is 0 Å². The Balaban J connectivity index is 4.29. The second-order valence-electron chi connectivity index (χ2n) is 23.7. The van der Waals surface area contributed by atoms with Crippen molar-refractivity contribution in [1.82, 2.24) is 0 Å². The number of esters is 3. The number of ether oxygens (including phenoxy) is 3. The van der Waals surface area contributed by atoms with Gasteiger partial charge in [-0.25, -0.2) is 0 Å². The molecule has 0 aliphatic carbocycles. The van der Waals surface area contributed by atoms with Crippen molar-refractivity contribution in [2.75, 3.05) is 13.2 Å². The third kappa shape index (κ3) is 69.0. The summed E-state index contributed by atoms with van der Waals surface area (Å²) in [5, 5.41) is 0. The molecule has 478 valence electrons. The van der Waals surface area contributed by atoms with E-state index in [1.807, 2.05) is 0 Å². The third-order valence-corrected chi connectivity index (χ3v) is 15.6. The van der Waals surface area contributed by atoms with E-state index in [1.165, 1.54) is 193 Å². The van der Waals surface area contributed by atoms with E-state index in [4.69, 9.17) is 14.2 Å².